The number of nitrogens with zero attached hydrogens (tertiary/aromatic N) is 4. The number of hydrogen-bond acceptors (Lipinski definition) is 6. The zero-order valence-electron chi connectivity index (χ0n) is 21.1. The van der Waals surface area contributed by atoms with Crippen molar-refractivity contribution in [3.63, 3.8) is 0 Å². The molecule has 1 amide bonds. The van der Waals surface area contributed by atoms with Crippen molar-refractivity contribution in [2.75, 3.05) is 39.9 Å². The Labute approximate surface area is 216 Å². The van der Waals surface area contributed by atoms with E-state index in [-0.39, 0.29) is 30.0 Å². The molecule has 0 spiro atoms. The first-order chi connectivity index (χ1) is 17.6. The first kappa shape index (κ1) is 26.6. The summed E-state index contributed by atoms with van der Waals surface area (Å²) in [4.78, 5) is 17.8. The van der Waals surface area contributed by atoms with Gasteiger partial charge in [0.05, 0.1) is 12.9 Å². The van der Waals surface area contributed by atoms with Crippen LogP contribution in [0.2, 0.25) is 0 Å². The van der Waals surface area contributed by atoms with E-state index in [4.69, 9.17) is 9.47 Å². The van der Waals surface area contributed by atoms with Crippen molar-refractivity contribution >= 4 is 16.1 Å². The molecule has 1 aliphatic rings. The van der Waals surface area contributed by atoms with Crippen molar-refractivity contribution < 1.29 is 27.1 Å². The molecule has 0 aliphatic carbocycles. The maximum absolute atomic E-state index is 14.7. The topological polar surface area (TPSA) is 94.0 Å². The van der Waals surface area contributed by atoms with Crippen LogP contribution in [0.5, 0.6) is 5.75 Å². The maximum atomic E-state index is 14.7. The van der Waals surface area contributed by atoms with Crippen molar-refractivity contribution in [2.45, 2.75) is 23.8 Å². The number of benzene rings is 2. The van der Waals surface area contributed by atoms with E-state index in [0.717, 1.165) is 15.4 Å². The highest BCUT2D eigenvalue weighted by Gasteiger charge is 2.47. The van der Waals surface area contributed by atoms with Crippen LogP contribution < -0.4 is 4.74 Å². The molecule has 1 aliphatic heterocycles. The molecule has 1 aromatic heterocycles. The Balaban J connectivity index is 1.49. The SMILES string of the molecule is CCOC(=O)N1CC(Cc2ccccc2)(c2ccc(F)c(OCCN(C)S(=O)(=O)c3cn(C)cn3)c2)C1. The Bertz CT molecular complexity index is 1340. The lowest BCUT2D eigenvalue weighted by Crippen LogP contribution is -2.62. The first-order valence-electron chi connectivity index (χ1n) is 12.0. The highest BCUT2D eigenvalue weighted by molar-refractivity contribution is 7.89. The lowest BCUT2D eigenvalue weighted by Gasteiger charge is -2.50. The summed E-state index contributed by atoms with van der Waals surface area (Å²) in [6.45, 7) is 2.86. The van der Waals surface area contributed by atoms with Crippen LogP contribution in [0.3, 0.4) is 0 Å². The van der Waals surface area contributed by atoms with Crippen molar-refractivity contribution in [1.82, 2.24) is 18.8 Å². The van der Waals surface area contributed by atoms with Crippen LogP contribution >= 0.6 is 0 Å². The molecule has 2 heterocycles. The molecule has 37 heavy (non-hydrogen) atoms. The minimum absolute atomic E-state index is 0.00830. The minimum Gasteiger partial charge on any atom is -0.489 e. The van der Waals surface area contributed by atoms with E-state index >= 15 is 0 Å². The summed E-state index contributed by atoms with van der Waals surface area (Å²) >= 11 is 0. The van der Waals surface area contributed by atoms with Crippen LogP contribution in [-0.2, 0) is 33.6 Å². The molecular weight excluding hydrogens is 499 g/mol. The molecule has 198 valence electrons. The average molecular weight is 531 g/mol. The van der Waals surface area contributed by atoms with Gasteiger partial charge in [-0.05, 0) is 36.6 Å². The number of rotatable bonds is 10. The van der Waals surface area contributed by atoms with Crippen LogP contribution in [0.25, 0.3) is 0 Å². The van der Waals surface area contributed by atoms with Crippen LogP contribution in [-0.4, -0.2) is 73.2 Å². The average Bonchev–Trinajstić information content (AvgIpc) is 3.30. The number of hydrogen-bond donors (Lipinski definition) is 0. The molecule has 0 radical (unpaired) electrons. The fourth-order valence-electron chi connectivity index (χ4n) is 4.44. The van der Waals surface area contributed by atoms with Gasteiger partial charge in [0.1, 0.15) is 6.61 Å². The molecule has 9 nitrogen and oxygen atoms in total. The van der Waals surface area contributed by atoms with Gasteiger partial charge in [-0.25, -0.2) is 22.6 Å². The van der Waals surface area contributed by atoms with Gasteiger partial charge in [-0.2, -0.15) is 4.31 Å². The van der Waals surface area contributed by atoms with Gasteiger partial charge in [0.2, 0.25) is 0 Å². The molecule has 2 aromatic carbocycles. The molecule has 0 bridgehead atoms. The number of amides is 1. The van der Waals surface area contributed by atoms with E-state index in [0.29, 0.717) is 26.1 Å². The van der Waals surface area contributed by atoms with Gasteiger partial charge in [-0.3, -0.25) is 0 Å². The molecule has 4 rings (SSSR count). The normalized spacial score (nSPS) is 14.9. The van der Waals surface area contributed by atoms with Crippen LogP contribution in [0.1, 0.15) is 18.1 Å². The summed E-state index contributed by atoms with van der Waals surface area (Å²) in [7, 11) is -0.676. The van der Waals surface area contributed by atoms with Gasteiger partial charge >= 0.3 is 6.09 Å². The molecule has 11 heteroatoms. The van der Waals surface area contributed by atoms with Gasteiger partial charge in [0.15, 0.2) is 16.6 Å². The van der Waals surface area contributed by atoms with E-state index in [1.54, 1.807) is 35.6 Å². The number of aromatic nitrogens is 2. The third kappa shape index (κ3) is 5.78. The van der Waals surface area contributed by atoms with Crippen LogP contribution in [0.4, 0.5) is 9.18 Å². The second kappa shape index (κ2) is 10.9. The predicted molar refractivity (Wildman–Crippen MR) is 135 cm³/mol. The standard InChI is InChI=1S/C26H31FN4O5S/c1-4-35-25(32)31-17-26(18-31,15-20-8-6-5-7-9-20)21-10-11-22(27)23(14-21)36-13-12-30(3)37(33,34)24-16-29(2)19-28-24/h5-11,14,16,19H,4,12-13,15,17-18H2,1-3H3. The van der Waals surface area contributed by atoms with E-state index in [2.05, 4.69) is 4.98 Å². The molecule has 0 unspecified atom stereocenters. The number of carbonyl (C=O) groups is 1. The number of imidazole rings is 1. The summed E-state index contributed by atoms with van der Waals surface area (Å²) in [5.74, 6) is -0.515. The molecule has 0 saturated carbocycles. The first-order valence-corrected chi connectivity index (χ1v) is 13.4. The Morgan fingerprint density at radius 3 is 2.57 bits per heavy atom. The zero-order chi connectivity index (χ0) is 26.6. The Morgan fingerprint density at radius 1 is 1.19 bits per heavy atom. The highest BCUT2D eigenvalue weighted by Crippen LogP contribution is 2.40. The Kier molecular flexibility index (Phi) is 7.84. The quantitative estimate of drug-likeness (QED) is 0.400. The van der Waals surface area contributed by atoms with Crippen molar-refractivity contribution in [1.29, 1.82) is 0 Å². The molecule has 0 N–H and O–H groups in total. The second-order valence-electron chi connectivity index (χ2n) is 9.20. The number of aryl methyl sites for hydroxylation is 1. The number of sulfonamides is 1. The highest BCUT2D eigenvalue weighted by atomic mass is 32.2. The van der Waals surface area contributed by atoms with Crippen LogP contribution in [0.15, 0.2) is 66.1 Å². The summed E-state index contributed by atoms with van der Waals surface area (Å²) < 4.78 is 53.5. The van der Waals surface area contributed by atoms with Gasteiger partial charge in [0, 0.05) is 45.3 Å². The van der Waals surface area contributed by atoms with E-state index in [1.165, 1.54) is 25.6 Å². The van der Waals surface area contributed by atoms with Gasteiger partial charge in [0.25, 0.3) is 10.0 Å². The number of likely N-dealkylation sites (tertiary alicyclic amines) is 1. The number of carbonyl (C=O) groups excluding carboxylic acids is 1. The predicted octanol–water partition coefficient (Wildman–Crippen LogP) is 3.21. The fraction of sp³-hybridized carbons (Fsp3) is 0.385. The summed E-state index contributed by atoms with van der Waals surface area (Å²) in [5, 5.41) is -0.0651. The monoisotopic (exact) mass is 530 g/mol. The third-order valence-corrected chi connectivity index (χ3v) is 8.20. The number of halogens is 1. The largest absolute Gasteiger partial charge is 0.489 e. The van der Waals surface area contributed by atoms with E-state index in [9.17, 15) is 17.6 Å². The number of likely N-dealkylation sites (N-methyl/N-ethyl adjacent to an activating group) is 1. The fourth-order valence-corrected chi connectivity index (χ4v) is 5.56. The molecule has 1 fully saturated rings. The Hall–Kier alpha value is -3.44. The molecule has 1 saturated heterocycles. The zero-order valence-corrected chi connectivity index (χ0v) is 21.9. The van der Waals surface area contributed by atoms with E-state index in [1.807, 2.05) is 30.3 Å². The lowest BCUT2D eigenvalue weighted by atomic mass is 9.69. The second-order valence-corrected chi connectivity index (χ2v) is 11.2. The smallest absolute Gasteiger partial charge is 0.409 e. The molecule has 0 atom stereocenters. The van der Waals surface area contributed by atoms with Crippen molar-refractivity contribution in [3.8, 4) is 5.75 Å². The van der Waals surface area contributed by atoms with E-state index < -0.39 is 21.3 Å². The third-order valence-electron chi connectivity index (χ3n) is 6.46. The minimum atomic E-state index is -3.78. The van der Waals surface area contributed by atoms with Crippen LogP contribution in [0, 0.1) is 5.82 Å². The van der Waals surface area contributed by atoms with Gasteiger partial charge in [-0.1, -0.05) is 36.4 Å². The Morgan fingerprint density at radius 2 is 1.92 bits per heavy atom. The van der Waals surface area contributed by atoms with Gasteiger partial charge < -0.3 is 18.9 Å². The molecule has 3 aromatic rings. The lowest BCUT2D eigenvalue weighted by molar-refractivity contribution is 0.0391. The van der Waals surface area contributed by atoms with Crippen molar-refractivity contribution in [3.05, 3.63) is 78.0 Å². The summed E-state index contributed by atoms with van der Waals surface area (Å²) in [6.07, 6.45) is 3.11. The van der Waals surface area contributed by atoms with Crippen molar-refractivity contribution in [2.24, 2.45) is 7.05 Å². The summed E-state index contributed by atoms with van der Waals surface area (Å²) in [6, 6.07) is 14.6. The molecular formula is C26H31FN4O5S. The maximum Gasteiger partial charge on any atom is 0.409 e. The van der Waals surface area contributed by atoms with Gasteiger partial charge in [-0.15, -0.1) is 0 Å². The summed E-state index contributed by atoms with van der Waals surface area (Å²) in [5.41, 5.74) is 1.50. The number of ether oxygens (including phenoxy) is 2.